The maximum Gasteiger partial charge on any atom is 0.325 e. The highest BCUT2D eigenvalue weighted by molar-refractivity contribution is 5.99. The second-order valence-corrected chi connectivity index (χ2v) is 5.44. The normalized spacial score (nSPS) is 13.9. The predicted octanol–water partition coefficient (Wildman–Crippen LogP) is 2.11. The van der Waals surface area contributed by atoms with Crippen LogP contribution < -0.4 is 15.0 Å². The third-order valence-corrected chi connectivity index (χ3v) is 3.80. The quantitative estimate of drug-likeness (QED) is 0.901. The second kappa shape index (κ2) is 7.16. The lowest BCUT2D eigenvalue weighted by Gasteiger charge is -2.18. The van der Waals surface area contributed by atoms with Crippen LogP contribution in [0.5, 0.6) is 5.88 Å². The minimum absolute atomic E-state index is 0.115. The Kier molecular flexibility index (Phi) is 4.78. The molecule has 3 amide bonds. The molecule has 0 spiro atoms. The lowest BCUT2D eigenvalue weighted by molar-refractivity contribution is -0.116. The number of urea groups is 1. The van der Waals surface area contributed by atoms with Crippen LogP contribution >= 0.6 is 0 Å². The van der Waals surface area contributed by atoms with E-state index in [1.54, 1.807) is 30.3 Å². The van der Waals surface area contributed by atoms with Gasteiger partial charge in [0.2, 0.25) is 11.8 Å². The average Bonchev–Trinajstić information content (AvgIpc) is 2.96. The number of para-hydroxylation sites is 1. The van der Waals surface area contributed by atoms with Gasteiger partial charge in [-0.25, -0.2) is 14.2 Å². The monoisotopic (exact) mass is 344 g/mol. The summed E-state index contributed by atoms with van der Waals surface area (Å²) in [5.74, 6) is -0.379. The molecule has 1 aliphatic heterocycles. The summed E-state index contributed by atoms with van der Waals surface area (Å²) >= 11 is 0. The highest BCUT2D eigenvalue weighted by Crippen LogP contribution is 2.23. The Morgan fingerprint density at radius 2 is 2.08 bits per heavy atom. The van der Waals surface area contributed by atoms with Crippen molar-refractivity contribution in [2.24, 2.45) is 0 Å². The van der Waals surface area contributed by atoms with E-state index < -0.39 is 11.8 Å². The van der Waals surface area contributed by atoms with E-state index in [1.165, 1.54) is 29.2 Å². The molecule has 0 unspecified atom stereocenters. The number of amides is 3. The number of nitrogens with one attached hydrogen (secondary N) is 1. The Balaban J connectivity index is 1.60. The molecule has 0 atom stereocenters. The SMILES string of the molecule is COc1ccc(NC(=O)CN2CCN(c3ccccc3F)C2=O)cn1. The third-order valence-electron chi connectivity index (χ3n) is 3.80. The van der Waals surface area contributed by atoms with E-state index in [-0.39, 0.29) is 18.1 Å². The molecule has 130 valence electrons. The fraction of sp³-hybridized carbons (Fsp3) is 0.235. The molecular formula is C17H17FN4O3. The number of benzene rings is 1. The smallest absolute Gasteiger partial charge is 0.325 e. The molecule has 1 saturated heterocycles. The first-order valence-corrected chi connectivity index (χ1v) is 7.69. The number of halogens is 1. The Morgan fingerprint density at radius 3 is 2.76 bits per heavy atom. The van der Waals surface area contributed by atoms with Gasteiger partial charge in [0, 0.05) is 19.2 Å². The van der Waals surface area contributed by atoms with Gasteiger partial charge < -0.3 is 15.0 Å². The highest BCUT2D eigenvalue weighted by atomic mass is 19.1. The van der Waals surface area contributed by atoms with Crippen LogP contribution in [0.1, 0.15) is 0 Å². The molecular weight excluding hydrogens is 327 g/mol. The molecule has 8 heteroatoms. The fourth-order valence-electron chi connectivity index (χ4n) is 2.57. The number of rotatable bonds is 5. The van der Waals surface area contributed by atoms with E-state index in [9.17, 15) is 14.0 Å². The molecule has 2 aromatic rings. The molecule has 1 aromatic heterocycles. The molecule has 1 N–H and O–H groups in total. The van der Waals surface area contributed by atoms with Crippen LogP contribution in [0.3, 0.4) is 0 Å². The summed E-state index contributed by atoms with van der Waals surface area (Å²) in [5.41, 5.74) is 0.721. The van der Waals surface area contributed by atoms with Gasteiger partial charge in [0.15, 0.2) is 0 Å². The van der Waals surface area contributed by atoms with Gasteiger partial charge in [-0.1, -0.05) is 12.1 Å². The first kappa shape index (κ1) is 16.7. The first-order valence-electron chi connectivity index (χ1n) is 7.69. The standard InChI is InChI=1S/C17H17FN4O3/c1-25-16-7-6-12(10-19-16)20-15(23)11-21-8-9-22(17(21)24)14-5-3-2-4-13(14)18/h2-7,10H,8-9,11H2,1H3,(H,20,23). The summed E-state index contributed by atoms with van der Waals surface area (Å²) in [4.78, 5) is 31.2. The Labute approximate surface area is 144 Å². The van der Waals surface area contributed by atoms with Crippen molar-refractivity contribution >= 4 is 23.3 Å². The number of anilines is 2. The van der Waals surface area contributed by atoms with Gasteiger partial charge in [-0.15, -0.1) is 0 Å². The zero-order valence-corrected chi connectivity index (χ0v) is 13.6. The van der Waals surface area contributed by atoms with Crippen molar-refractivity contribution in [3.8, 4) is 5.88 Å². The van der Waals surface area contributed by atoms with Crippen LogP contribution in [-0.4, -0.2) is 48.6 Å². The Morgan fingerprint density at radius 1 is 1.28 bits per heavy atom. The van der Waals surface area contributed by atoms with E-state index in [1.807, 2.05) is 0 Å². The number of nitrogens with zero attached hydrogens (tertiary/aromatic N) is 3. The number of aromatic nitrogens is 1. The summed E-state index contributed by atoms with van der Waals surface area (Å²) in [6.45, 7) is 0.564. The van der Waals surface area contributed by atoms with Crippen LogP contribution in [0.4, 0.5) is 20.6 Å². The van der Waals surface area contributed by atoms with Crippen LogP contribution in [0.25, 0.3) is 0 Å². The lowest BCUT2D eigenvalue weighted by Crippen LogP contribution is -2.37. The topological polar surface area (TPSA) is 74.8 Å². The number of pyridine rings is 1. The van der Waals surface area contributed by atoms with E-state index in [0.717, 1.165) is 0 Å². The van der Waals surface area contributed by atoms with Crippen LogP contribution in [0, 0.1) is 5.82 Å². The van der Waals surface area contributed by atoms with Gasteiger partial charge in [-0.05, 0) is 18.2 Å². The van der Waals surface area contributed by atoms with Crippen molar-refractivity contribution in [3.05, 3.63) is 48.4 Å². The molecule has 0 saturated carbocycles. The Bertz CT molecular complexity index is 782. The largest absolute Gasteiger partial charge is 0.481 e. The lowest BCUT2D eigenvalue weighted by atomic mass is 10.3. The fourth-order valence-corrected chi connectivity index (χ4v) is 2.57. The zero-order valence-electron chi connectivity index (χ0n) is 13.6. The number of carbonyl (C=O) groups is 2. The van der Waals surface area contributed by atoms with Gasteiger partial charge in [0.05, 0.1) is 24.7 Å². The summed E-state index contributed by atoms with van der Waals surface area (Å²) in [6, 6.07) is 8.95. The molecule has 3 rings (SSSR count). The summed E-state index contributed by atoms with van der Waals surface area (Å²) in [7, 11) is 1.50. The summed E-state index contributed by atoms with van der Waals surface area (Å²) < 4.78 is 18.8. The molecule has 1 fully saturated rings. The van der Waals surface area contributed by atoms with Gasteiger partial charge in [-0.3, -0.25) is 9.69 Å². The van der Waals surface area contributed by atoms with E-state index in [2.05, 4.69) is 10.3 Å². The van der Waals surface area contributed by atoms with Crippen molar-refractivity contribution in [2.45, 2.75) is 0 Å². The third kappa shape index (κ3) is 3.68. The van der Waals surface area contributed by atoms with Crippen molar-refractivity contribution < 1.29 is 18.7 Å². The maximum atomic E-state index is 13.8. The van der Waals surface area contributed by atoms with Crippen molar-refractivity contribution in [1.82, 2.24) is 9.88 Å². The zero-order chi connectivity index (χ0) is 17.8. The molecule has 1 aromatic carbocycles. The van der Waals surface area contributed by atoms with Gasteiger partial charge in [0.25, 0.3) is 0 Å². The number of carbonyl (C=O) groups excluding carboxylic acids is 2. The number of methoxy groups -OCH3 is 1. The second-order valence-electron chi connectivity index (χ2n) is 5.44. The molecule has 7 nitrogen and oxygen atoms in total. The first-order chi connectivity index (χ1) is 12.1. The summed E-state index contributed by atoms with van der Waals surface area (Å²) in [6.07, 6.45) is 1.47. The maximum absolute atomic E-state index is 13.8. The molecule has 0 aliphatic carbocycles. The molecule has 1 aliphatic rings. The predicted molar refractivity (Wildman–Crippen MR) is 90.1 cm³/mol. The molecule has 0 bridgehead atoms. The minimum atomic E-state index is -0.466. The number of hydrogen-bond acceptors (Lipinski definition) is 4. The van der Waals surface area contributed by atoms with Gasteiger partial charge >= 0.3 is 6.03 Å². The number of ether oxygens (including phenoxy) is 1. The highest BCUT2D eigenvalue weighted by Gasteiger charge is 2.32. The van der Waals surface area contributed by atoms with E-state index >= 15 is 0 Å². The van der Waals surface area contributed by atoms with Crippen LogP contribution in [0.2, 0.25) is 0 Å². The van der Waals surface area contributed by atoms with Gasteiger partial charge in [-0.2, -0.15) is 0 Å². The van der Waals surface area contributed by atoms with E-state index in [0.29, 0.717) is 24.7 Å². The van der Waals surface area contributed by atoms with Crippen molar-refractivity contribution in [2.75, 3.05) is 37.0 Å². The van der Waals surface area contributed by atoms with Gasteiger partial charge in [0.1, 0.15) is 12.4 Å². The average molecular weight is 344 g/mol. The van der Waals surface area contributed by atoms with Crippen molar-refractivity contribution in [1.29, 1.82) is 0 Å². The van der Waals surface area contributed by atoms with E-state index in [4.69, 9.17) is 4.74 Å². The van der Waals surface area contributed by atoms with Crippen LogP contribution in [0.15, 0.2) is 42.6 Å². The number of hydrogen-bond donors (Lipinski definition) is 1. The van der Waals surface area contributed by atoms with Crippen molar-refractivity contribution in [3.63, 3.8) is 0 Å². The Hall–Kier alpha value is -3.16. The molecule has 0 radical (unpaired) electrons. The molecule has 2 heterocycles. The minimum Gasteiger partial charge on any atom is -0.481 e. The summed E-state index contributed by atoms with van der Waals surface area (Å²) in [5, 5.41) is 2.66. The van der Waals surface area contributed by atoms with Crippen LogP contribution in [-0.2, 0) is 4.79 Å². The molecule has 25 heavy (non-hydrogen) atoms.